The topological polar surface area (TPSA) is 67.4 Å². The van der Waals surface area contributed by atoms with E-state index in [0.717, 1.165) is 44.7 Å². The van der Waals surface area contributed by atoms with E-state index in [2.05, 4.69) is 10.00 Å². The molecule has 1 aliphatic heterocycles. The Balaban J connectivity index is 0.00000156. The van der Waals surface area contributed by atoms with Gasteiger partial charge in [-0.1, -0.05) is 19.3 Å². The lowest BCUT2D eigenvalue weighted by molar-refractivity contribution is -0.134. The smallest absolute Gasteiger partial charge is 0.223 e. The zero-order chi connectivity index (χ0) is 16.3. The molecular weight excluding hydrogens is 361 g/mol. The number of carbonyl (C=O) groups excluding carboxylic acids is 1. The van der Waals surface area contributed by atoms with E-state index in [1.165, 1.54) is 19.3 Å². The maximum absolute atomic E-state index is 12.7. The molecule has 1 aromatic heterocycles. The molecule has 144 valence electrons. The number of halogens is 2. The highest BCUT2D eigenvalue weighted by atomic mass is 35.5. The van der Waals surface area contributed by atoms with Gasteiger partial charge in [-0.2, -0.15) is 5.10 Å². The number of aryl methyl sites for hydroxylation is 1. The van der Waals surface area contributed by atoms with Gasteiger partial charge < -0.3 is 15.5 Å². The van der Waals surface area contributed by atoms with Crippen LogP contribution in [0.1, 0.15) is 38.5 Å². The van der Waals surface area contributed by atoms with Gasteiger partial charge in [0.15, 0.2) is 0 Å². The standard InChI is InChI=1S/C17H29N5O.2ClH/c1-20-13-15(12-19-20)21-7-9-22(10-8-21)16(23)11-17(14-18)5-3-2-4-6-17;;/h12-13H,2-11,14,18H2,1H3;2*1H. The first-order valence-corrected chi connectivity index (χ1v) is 8.83. The fraction of sp³-hybridized carbons (Fsp3) is 0.765. The van der Waals surface area contributed by atoms with Gasteiger partial charge in [0.1, 0.15) is 0 Å². The van der Waals surface area contributed by atoms with E-state index in [1.54, 1.807) is 0 Å². The summed E-state index contributed by atoms with van der Waals surface area (Å²) in [7, 11) is 1.93. The van der Waals surface area contributed by atoms with Crippen molar-refractivity contribution in [2.24, 2.45) is 18.2 Å². The number of hydrogen-bond acceptors (Lipinski definition) is 4. The Morgan fingerprint density at radius 2 is 1.80 bits per heavy atom. The molecule has 0 unspecified atom stereocenters. The quantitative estimate of drug-likeness (QED) is 0.853. The van der Waals surface area contributed by atoms with Crippen LogP contribution >= 0.6 is 24.8 Å². The molecule has 25 heavy (non-hydrogen) atoms. The van der Waals surface area contributed by atoms with Crippen molar-refractivity contribution in [1.82, 2.24) is 14.7 Å². The third kappa shape index (κ3) is 5.25. The van der Waals surface area contributed by atoms with Crippen LogP contribution in [0.4, 0.5) is 5.69 Å². The van der Waals surface area contributed by atoms with Crippen LogP contribution < -0.4 is 10.6 Å². The molecule has 1 saturated carbocycles. The molecule has 1 aromatic rings. The predicted molar refractivity (Wildman–Crippen MR) is 106 cm³/mol. The molecular formula is C17H31Cl2N5O. The highest BCUT2D eigenvalue weighted by molar-refractivity contribution is 5.85. The first-order valence-electron chi connectivity index (χ1n) is 8.83. The second kappa shape index (κ2) is 9.64. The lowest BCUT2D eigenvalue weighted by Gasteiger charge is -2.40. The maximum atomic E-state index is 12.7. The van der Waals surface area contributed by atoms with E-state index in [9.17, 15) is 4.79 Å². The van der Waals surface area contributed by atoms with Crippen LogP contribution in [0.25, 0.3) is 0 Å². The van der Waals surface area contributed by atoms with Gasteiger partial charge in [0.05, 0.1) is 11.9 Å². The summed E-state index contributed by atoms with van der Waals surface area (Å²) in [5.74, 6) is 0.295. The molecule has 2 fully saturated rings. The van der Waals surface area contributed by atoms with Crippen LogP contribution in [0.5, 0.6) is 0 Å². The summed E-state index contributed by atoms with van der Waals surface area (Å²) in [4.78, 5) is 17.0. The van der Waals surface area contributed by atoms with E-state index in [-0.39, 0.29) is 30.2 Å². The number of rotatable bonds is 4. The van der Waals surface area contributed by atoms with Crippen molar-refractivity contribution >= 4 is 36.4 Å². The molecule has 3 rings (SSSR count). The predicted octanol–water partition coefficient (Wildman–Crippen LogP) is 2.21. The first kappa shape index (κ1) is 22.1. The summed E-state index contributed by atoms with van der Waals surface area (Å²) in [5, 5.41) is 4.22. The van der Waals surface area contributed by atoms with Gasteiger partial charge in [-0.25, -0.2) is 0 Å². The molecule has 0 spiro atoms. The Morgan fingerprint density at radius 3 is 2.32 bits per heavy atom. The molecule has 0 aromatic carbocycles. The monoisotopic (exact) mass is 391 g/mol. The van der Waals surface area contributed by atoms with E-state index >= 15 is 0 Å². The highest BCUT2D eigenvalue weighted by Gasteiger charge is 2.35. The van der Waals surface area contributed by atoms with Crippen molar-refractivity contribution < 1.29 is 4.79 Å². The van der Waals surface area contributed by atoms with Crippen molar-refractivity contribution in [3.8, 4) is 0 Å². The number of aromatic nitrogens is 2. The van der Waals surface area contributed by atoms with Crippen LogP contribution in [-0.4, -0.2) is 53.3 Å². The average Bonchev–Trinajstić information content (AvgIpc) is 3.02. The molecule has 1 saturated heterocycles. The zero-order valence-electron chi connectivity index (χ0n) is 15.0. The Hall–Kier alpha value is -0.980. The van der Waals surface area contributed by atoms with E-state index < -0.39 is 0 Å². The number of anilines is 1. The van der Waals surface area contributed by atoms with Crippen molar-refractivity contribution in [3.05, 3.63) is 12.4 Å². The van der Waals surface area contributed by atoms with Crippen molar-refractivity contribution in [3.63, 3.8) is 0 Å². The maximum Gasteiger partial charge on any atom is 0.223 e. The summed E-state index contributed by atoms with van der Waals surface area (Å²) in [6.07, 6.45) is 10.5. The van der Waals surface area contributed by atoms with Crippen molar-refractivity contribution in [2.45, 2.75) is 38.5 Å². The molecule has 2 N–H and O–H groups in total. The fourth-order valence-electron chi connectivity index (χ4n) is 3.97. The van der Waals surface area contributed by atoms with E-state index in [0.29, 0.717) is 18.9 Å². The molecule has 0 bridgehead atoms. The Bertz CT molecular complexity index is 537. The van der Waals surface area contributed by atoms with Gasteiger partial charge in [-0.15, -0.1) is 24.8 Å². The Kier molecular flexibility index (Phi) is 8.51. The highest BCUT2D eigenvalue weighted by Crippen LogP contribution is 2.38. The SMILES string of the molecule is Cl.Cl.Cn1cc(N2CCN(C(=O)CC3(CN)CCCCC3)CC2)cn1. The summed E-state index contributed by atoms with van der Waals surface area (Å²) < 4.78 is 1.82. The third-order valence-corrected chi connectivity index (χ3v) is 5.56. The van der Waals surface area contributed by atoms with E-state index in [1.807, 2.05) is 29.0 Å². The zero-order valence-corrected chi connectivity index (χ0v) is 16.7. The largest absolute Gasteiger partial charge is 0.365 e. The summed E-state index contributed by atoms with van der Waals surface area (Å²) >= 11 is 0. The van der Waals surface area contributed by atoms with Crippen LogP contribution in [0, 0.1) is 5.41 Å². The number of hydrogen-bond donors (Lipinski definition) is 1. The molecule has 2 heterocycles. The molecule has 2 aliphatic rings. The average molecular weight is 392 g/mol. The van der Waals surface area contributed by atoms with Gasteiger partial charge >= 0.3 is 0 Å². The second-order valence-electron chi connectivity index (χ2n) is 7.18. The van der Waals surface area contributed by atoms with Gasteiger partial charge in [-0.05, 0) is 24.8 Å². The third-order valence-electron chi connectivity index (χ3n) is 5.56. The van der Waals surface area contributed by atoms with Gasteiger partial charge in [0.2, 0.25) is 5.91 Å². The van der Waals surface area contributed by atoms with Gasteiger partial charge in [-0.3, -0.25) is 9.48 Å². The first-order chi connectivity index (χ1) is 11.1. The summed E-state index contributed by atoms with van der Waals surface area (Å²) in [5.41, 5.74) is 7.24. The van der Waals surface area contributed by atoms with Crippen LogP contribution in [0.2, 0.25) is 0 Å². The number of carbonyl (C=O) groups is 1. The second-order valence-corrected chi connectivity index (χ2v) is 7.18. The molecule has 1 amide bonds. The number of nitrogens with two attached hydrogens (primary N) is 1. The lowest BCUT2D eigenvalue weighted by Crippen LogP contribution is -2.50. The van der Waals surface area contributed by atoms with Crippen molar-refractivity contribution in [1.29, 1.82) is 0 Å². The molecule has 1 aliphatic carbocycles. The van der Waals surface area contributed by atoms with E-state index in [4.69, 9.17) is 5.73 Å². The molecule has 6 nitrogen and oxygen atoms in total. The minimum Gasteiger partial charge on any atom is -0.365 e. The molecule has 8 heteroatoms. The van der Waals surface area contributed by atoms with Crippen LogP contribution in [-0.2, 0) is 11.8 Å². The van der Waals surface area contributed by atoms with Crippen LogP contribution in [0.15, 0.2) is 12.4 Å². The van der Waals surface area contributed by atoms with Gasteiger partial charge in [0, 0.05) is 45.8 Å². The van der Waals surface area contributed by atoms with Gasteiger partial charge in [0.25, 0.3) is 0 Å². The number of nitrogens with zero attached hydrogens (tertiary/aromatic N) is 4. The lowest BCUT2D eigenvalue weighted by atomic mass is 9.71. The minimum atomic E-state index is 0. The normalized spacial score (nSPS) is 19.8. The summed E-state index contributed by atoms with van der Waals surface area (Å²) in [6, 6.07) is 0. The Labute approximate surface area is 162 Å². The minimum absolute atomic E-state index is 0. The molecule has 0 atom stereocenters. The molecule has 0 radical (unpaired) electrons. The number of amides is 1. The summed E-state index contributed by atoms with van der Waals surface area (Å²) in [6.45, 7) is 4.01. The Morgan fingerprint density at radius 1 is 1.16 bits per heavy atom. The van der Waals surface area contributed by atoms with Crippen LogP contribution in [0.3, 0.4) is 0 Å². The fourth-order valence-corrected chi connectivity index (χ4v) is 3.97. The number of piperazine rings is 1. The van der Waals surface area contributed by atoms with Crippen molar-refractivity contribution in [2.75, 3.05) is 37.6 Å².